The van der Waals surface area contributed by atoms with Crippen LogP contribution in [-0.4, -0.2) is 82.2 Å². The Hall–Kier alpha value is -2.78. The smallest absolute Gasteiger partial charge is 0.311 e. The van der Waals surface area contributed by atoms with Crippen LogP contribution in [0.25, 0.3) is 0 Å². The number of likely N-dealkylation sites (tertiary alicyclic amines) is 1. The molecule has 1 aromatic rings. The average Bonchev–Trinajstić information content (AvgIpc) is 3.33. The standard InChI is InChI=1S/C34H47N3O5S/c1-6-23(4)26(22-38)37-29-31(40)36(25-16-14-24(15-17-25)35(7-2)8-3)20-13-19-34(29)27(30(37)39)28-32(41)42-21-12-10-9-11-18-33(28,5)43-34/h11,13-19,23,26-29,38H,6-10,12,20-22H2,1-5H3/b18-11-/t23-,26-,27-,28-,29?,33+,34-/m0/s1. The number of ether oxygens (including phenoxy) is 1. The van der Waals surface area contributed by atoms with Crippen LogP contribution in [0.1, 0.15) is 60.3 Å². The molecule has 234 valence electrons. The van der Waals surface area contributed by atoms with Crippen molar-refractivity contribution in [3.8, 4) is 0 Å². The first kappa shape index (κ1) is 31.6. The molecule has 0 aromatic heterocycles. The van der Waals surface area contributed by atoms with Crippen LogP contribution < -0.4 is 9.80 Å². The van der Waals surface area contributed by atoms with Gasteiger partial charge in [-0.25, -0.2) is 0 Å². The number of benzene rings is 1. The molecule has 0 radical (unpaired) electrons. The molecular weight excluding hydrogens is 562 g/mol. The number of hydrogen-bond acceptors (Lipinski definition) is 7. The fourth-order valence-electron chi connectivity index (χ4n) is 7.57. The molecule has 9 heteroatoms. The van der Waals surface area contributed by atoms with Gasteiger partial charge in [0, 0.05) is 35.8 Å². The number of esters is 1. The Balaban J connectivity index is 1.63. The second-order valence-electron chi connectivity index (χ2n) is 12.5. The van der Waals surface area contributed by atoms with E-state index in [4.69, 9.17) is 4.74 Å². The van der Waals surface area contributed by atoms with Gasteiger partial charge in [-0.1, -0.05) is 44.6 Å². The molecular formula is C34H47N3O5S. The number of hydrogen-bond donors (Lipinski definition) is 1. The number of thioether (sulfide) groups is 1. The zero-order chi connectivity index (χ0) is 30.9. The quantitative estimate of drug-likeness (QED) is 0.334. The lowest BCUT2D eigenvalue weighted by atomic mass is 9.74. The molecule has 4 aliphatic heterocycles. The summed E-state index contributed by atoms with van der Waals surface area (Å²) in [5, 5.41) is 10.7. The number of nitrogens with zero attached hydrogens (tertiary/aromatic N) is 3. The average molecular weight is 610 g/mol. The number of aliphatic hydroxyl groups is 1. The molecule has 7 atom stereocenters. The fraction of sp³-hybridized carbons (Fsp3) is 0.618. The topological polar surface area (TPSA) is 90.4 Å². The summed E-state index contributed by atoms with van der Waals surface area (Å²) < 4.78 is 4.08. The minimum Gasteiger partial charge on any atom is -0.465 e. The predicted molar refractivity (Wildman–Crippen MR) is 172 cm³/mol. The third kappa shape index (κ3) is 5.30. The first-order valence-corrected chi connectivity index (χ1v) is 16.8. The maximum Gasteiger partial charge on any atom is 0.311 e. The number of rotatable bonds is 8. The summed E-state index contributed by atoms with van der Waals surface area (Å²) >= 11 is 1.55. The first-order valence-electron chi connectivity index (χ1n) is 16.0. The minimum atomic E-state index is -0.984. The van der Waals surface area contributed by atoms with E-state index in [1.807, 2.05) is 57.2 Å². The molecule has 2 amide bonds. The van der Waals surface area contributed by atoms with E-state index in [2.05, 4.69) is 30.9 Å². The highest BCUT2D eigenvalue weighted by Gasteiger charge is 2.74. The Morgan fingerprint density at radius 2 is 1.74 bits per heavy atom. The van der Waals surface area contributed by atoms with E-state index < -0.39 is 33.4 Å². The highest BCUT2D eigenvalue weighted by Crippen LogP contribution is 2.65. The summed E-state index contributed by atoms with van der Waals surface area (Å²) in [5.41, 5.74) is 1.85. The van der Waals surface area contributed by atoms with Gasteiger partial charge in [0.05, 0.1) is 35.8 Å². The van der Waals surface area contributed by atoms with Gasteiger partial charge >= 0.3 is 5.97 Å². The summed E-state index contributed by atoms with van der Waals surface area (Å²) in [6.07, 6.45) is 11.5. The highest BCUT2D eigenvalue weighted by atomic mass is 32.2. The lowest BCUT2D eigenvalue weighted by molar-refractivity contribution is -0.155. The van der Waals surface area contributed by atoms with Crippen molar-refractivity contribution in [2.75, 3.05) is 42.6 Å². The number of cyclic esters (lactones) is 1. The van der Waals surface area contributed by atoms with E-state index in [0.717, 1.165) is 50.1 Å². The van der Waals surface area contributed by atoms with Gasteiger partial charge in [-0.3, -0.25) is 14.4 Å². The van der Waals surface area contributed by atoms with Crippen LogP contribution in [0.5, 0.6) is 0 Å². The van der Waals surface area contributed by atoms with Gasteiger partial charge < -0.3 is 24.5 Å². The van der Waals surface area contributed by atoms with Crippen LogP contribution in [0, 0.1) is 17.8 Å². The minimum absolute atomic E-state index is 0.0426. The maximum atomic E-state index is 14.9. The normalized spacial score (nSPS) is 32.8. The number of anilines is 2. The van der Waals surface area contributed by atoms with Crippen LogP contribution in [-0.2, 0) is 19.1 Å². The lowest BCUT2D eigenvalue weighted by Crippen LogP contribution is -2.58. The van der Waals surface area contributed by atoms with E-state index in [1.165, 1.54) is 0 Å². The predicted octanol–water partition coefficient (Wildman–Crippen LogP) is 4.81. The number of amides is 2. The van der Waals surface area contributed by atoms with Crippen LogP contribution in [0.3, 0.4) is 0 Å². The second kappa shape index (κ2) is 12.7. The van der Waals surface area contributed by atoms with Crippen molar-refractivity contribution in [2.45, 2.75) is 81.9 Å². The van der Waals surface area contributed by atoms with E-state index >= 15 is 0 Å². The second-order valence-corrected chi connectivity index (χ2v) is 14.3. The number of carbonyl (C=O) groups is 3. The van der Waals surface area contributed by atoms with Gasteiger partial charge in [-0.15, -0.1) is 11.8 Å². The number of aliphatic hydroxyl groups excluding tert-OH is 1. The van der Waals surface area contributed by atoms with Gasteiger partial charge in [0.2, 0.25) is 5.91 Å². The molecule has 0 bridgehead atoms. The molecule has 0 aliphatic carbocycles. The summed E-state index contributed by atoms with van der Waals surface area (Å²) in [4.78, 5) is 49.0. The van der Waals surface area contributed by atoms with E-state index in [1.54, 1.807) is 21.6 Å². The Kier molecular flexibility index (Phi) is 9.33. The van der Waals surface area contributed by atoms with Crippen LogP contribution >= 0.6 is 11.8 Å². The van der Waals surface area contributed by atoms with Crippen molar-refractivity contribution in [3.63, 3.8) is 0 Å². The highest BCUT2D eigenvalue weighted by molar-refractivity contribution is 8.02. The molecule has 8 nitrogen and oxygen atoms in total. The van der Waals surface area contributed by atoms with Crippen molar-refractivity contribution >= 4 is 40.9 Å². The molecule has 1 N–H and O–H groups in total. The summed E-state index contributed by atoms with van der Waals surface area (Å²) in [7, 11) is 0. The Morgan fingerprint density at radius 3 is 2.40 bits per heavy atom. The van der Waals surface area contributed by atoms with Gasteiger partial charge in [0.1, 0.15) is 6.04 Å². The van der Waals surface area contributed by atoms with Crippen molar-refractivity contribution in [3.05, 3.63) is 48.6 Å². The third-order valence-electron chi connectivity index (χ3n) is 10.1. The van der Waals surface area contributed by atoms with E-state index in [9.17, 15) is 19.5 Å². The number of allylic oxidation sites excluding steroid dienone is 1. The molecule has 5 rings (SSSR count). The molecule has 2 saturated heterocycles. The molecule has 1 spiro atoms. The first-order chi connectivity index (χ1) is 20.7. The van der Waals surface area contributed by atoms with Crippen LogP contribution in [0.15, 0.2) is 48.6 Å². The number of fused-ring (bicyclic) bond motifs is 2. The number of carbonyl (C=O) groups excluding carboxylic acids is 3. The molecule has 1 unspecified atom stereocenters. The van der Waals surface area contributed by atoms with Crippen molar-refractivity contribution in [1.82, 2.24) is 4.90 Å². The molecule has 43 heavy (non-hydrogen) atoms. The van der Waals surface area contributed by atoms with Crippen molar-refractivity contribution in [2.24, 2.45) is 17.8 Å². The maximum absolute atomic E-state index is 14.9. The Morgan fingerprint density at radius 1 is 1.02 bits per heavy atom. The molecule has 2 fully saturated rings. The molecule has 0 saturated carbocycles. The van der Waals surface area contributed by atoms with E-state index in [-0.39, 0.29) is 30.3 Å². The van der Waals surface area contributed by atoms with E-state index in [0.29, 0.717) is 13.2 Å². The van der Waals surface area contributed by atoms with Crippen molar-refractivity contribution < 1.29 is 24.2 Å². The lowest BCUT2D eigenvalue weighted by Gasteiger charge is -2.41. The van der Waals surface area contributed by atoms with Crippen molar-refractivity contribution in [1.29, 1.82) is 0 Å². The molecule has 4 aliphatic rings. The monoisotopic (exact) mass is 609 g/mol. The fourth-order valence-corrected chi connectivity index (χ4v) is 9.71. The summed E-state index contributed by atoms with van der Waals surface area (Å²) in [6.45, 7) is 12.5. The van der Waals surface area contributed by atoms with Gasteiger partial charge in [0.25, 0.3) is 5.91 Å². The van der Waals surface area contributed by atoms with Gasteiger partial charge in [-0.2, -0.15) is 0 Å². The third-order valence-corrected chi connectivity index (χ3v) is 11.9. The zero-order valence-electron chi connectivity index (χ0n) is 26.2. The van der Waals surface area contributed by atoms with Gasteiger partial charge in [-0.05, 0) is 70.2 Å². The molecule has 4 heterocycles. The largest absolute Gasteiger partial charge is 0.465 e. The molecule has 1 aromatic carbocycles. The van der Waals surface area contributed by atoms with Gasteiger partial charge in [0.15, 0.2) is 0 Å². The zero-order valence-corrected chi connectivity index (χ0v) is 27.0. The van der Waals surface area contributed by atoms with Crippen LogP contribution in [0.2, 0.25) is 0 Å². The Labute approximate surface area is 260 Å². The SMILES string of the molecule is CC[C@H](C)[C@H](CO)N1C(=O)[C@@H]2[C@H]3C(=O)OCCCC/C=C\[C@@]3(C)S[C@@]23C=CCN(c2ccc(N(CC)CC)cc2)C(=O)C13. The Bertz CT molecular complexity index is 1260. The summed E-state index contributed by atoms with van der Waals surface area (Å²) in [5.74, 6) is -2.39. The van der Waals surface area contributed by atoms with Crippen LogP contribution in [0.4, 0.5) is 11.4 Å². The summed E-state index contributed by atoms with van der Waals surface area (Å²) in [6, 6.07) is 6.59.